The molecule has 0 atom stereocenters. The Labute approximate surface area is 429 Å². The molecule has 4 nitrogen and oxygen atoms in total. The molecule has 0 unspecified atom stereocenters. The standard InChI is InChI=1S/C70H42N4/c1-71-65-30-14-27-55(67(65)47-35-31-45(32-36-47)51-39-40-59-60-28-12-18-46-19-13-29-61(66(46)60)64(59)42-51)52-21-11-20-50(41-52)44-33-37-49(38-34-44)69-72-68(48-15-3-2-4-16-48)73-70(74-69)62-26-10-9-25-58(62)63-43-53-17-5-6-22-54(53)56-23-7-8-24-57(56)63/h2-43H. The average Bonchev–Trinajstić information content (AvgIpc) is 3.81. The predicted octanol–water partition coefficient (Wildman–Crippen LogP) is 18.9. The monoisotopic (exact) mass is 938 g/mol. The quantitative estimate of drug-likeness (QED) is 0.113. The van der Waals surface area contributed by atoms with Crippen LogP contribution in [0.3, 0.4) is 0 Å². The first kappa shape index (κ1) is 42.8. The lowest BCUT2D eigenvalue weighted by Crippen LogP contribution is -2.01. The number of benzene rings is 12. The maximum Gasteiger partial charge on any atom is 0.195 e. The van der Waals surface area contributed by atoms with E-state index >= 15 is 0 Å². The summed E-state index contributed by atoms with van der Waals surface area (Å²) in [6.45, 7) is 8.25. The Hall–Kier alpha value is -10.1. The van der Waals surface area contributed by atoms with Crippen molar-refractivity contribution in [3.05, 3.63) is 266 Å². The summed E-state index contributed by atoms with van der Waals surface area (Å²) in [5, 5.41) is 7.40. The highest BCUT2D eigenvalue weighted by Gasteiger charge is 2.23. The van der Waals surface area contributed by atoms with E-state index in [9.17, 15) is 0 Å². The number of fused-ring (bicyclic) bond motifs is 6. The highest BCUT2D eigenvalue weighted by Crippen LogP contribution is 2.49. The van der Waals surface area contributed by atoms with E-state index in [0.29, 0.717) is 23.2 Å². The minimum absolute atomic E-state index is 0.596. The fraction of sp³-hybridized carbons (Fsp3) is 0. The Bertz CT molecular complexity index is 4410. The van der Waals surface area contributed by atoms with Crippen molar-refractivity contribution < 1.29 is 0 Å². The van der Waals surface area contributed by atoms with Gasteiger partial charge in [0.2, 0.25) is 0 Å². The van der Waals surface area contributed by atoms with Gasteiger partial charge in [0.25, 0.3) is 0 Å². The first-order chi connectivity index (χ1) is 36.6. The Morgan fingerprint density at radius 3 is 1.50 bits per heavy atom. The van der Waals surface area contributed by atoms with E-state index < -0.39 is 0 Å². The third kappa shape index (κ3) is 7.26. The number of rotatable bonds is 8. The summed E-state index contributed by atoms with van der Waals surface area (Å²) in [5.74, 6) is 1.82. The zero-order valence-corrected chi connectivity index (χ0v) is 40.0. The summed E-state index contributed by atoms with van der Waals surface area (Å²) in [5.41, 5.74) is 19.1. The summed E-state index contributed by atoms with van der Waals surface area (Å²) in [4.78, 5) is 19.6. The molecule has 4 heteroatoms. The van der Waals surface area contributed by atoms with Gasteiger partial charge in [-0.05, 0) is 128 Å². The molecule has 342 valence electrons. The largest absolute Gasteiger partial charge is 0.237 e. The molecule has 0 saturated carbocycles. The van der Waals surface area contributed by atoms with Crippen LogP contribution in [-0.2, 0) is 0 Å². The van der Waals surface area contributed by atoms with Gasteiger partial charge < -0.3 is 0 Å². The number of aromatic nitrogens is 3. The van der Waals surface area contributed by atoms with Crippen molar-refractivity contribution in [3.8, 4) is 112 Å². The summed E-state index contributed by atoms with van der Waals surface area (Å²) >= 11 is 0. The van der Waals surface area contributed by atoms with Crippen LogP contribution in [0.4, 0.5) is 5.69 Å². The van der Waals surface area contributed by atoms with E-state index in [1.54, 1.807) is 0 Å². The molecule has 13 aromatic rings. The van der Waals surface area contributed by atoms with Gasteiger partial charge in [-0.2, -0.15) is 0 Å². The molecule has 1 aliphatic rings. The van der Waals surface area contributed by atoms with E-state index in [1.807, 2.05) is 42.5 Å². The van der Waals surface area contributed by atoms with Crippen molar-refractivity contribution in [2.24, 2.45) is 0 Å². The maximum absolute atomic E-state index is 8.25. The van der Waals surface area contributed by atoms with Crippen LogP contribution >= 0.6 is 0 Å². The lowest BCUT2D eigenvalue weighted by molar-refractivity contribution is 1.07. The maximum atomic E-state index is 8.25. The Balaban J connectivity index is 0.800. The van der Waals surface area contributed by atoms with Gasteiger partial charge in [0.1, 0.15) is 0 Å². The van der Waals surface area contributed by atoms with Crippen molar-refractivity contribution in [1.29, 1.82) is 0 Å². The summed E-state index contributed by atoms with van der Waals surface area (Å²) in [7, 11) is 0. The fourth-order valence-corrected chi connectivity index (χ4v) is 11.2. The Kier molecular flexibility index (Phi) is 10.2. The second-order valence-corrected chi connectivity index (χ2v) is 18.9. The van der Waals surface area contributed by atoms with Crippen molar-refractivity contribution in [2.45, 2.75) is 0 Å². The van der Waals surface area contributed by atoms with Gasteiger partial charge in [0.05, 0.1) is 6.57 Å². The molecule has 0 amide bonds. The third-order valence-electron chi connectivity index (χ3n) is 14.7. The molecule has 12 aromatic carbocycles. The van der Waals surface area contributed by atoms with Crippen LogP contribution < -0.4 is 0 Å². The van der Waals surface area contributed by atoms with Crippen LogP contribution in [0.15, 0.2) is 255 Å². The van der Waals surface area contributed by atoms with E-state index in [1.165, 1.54) is 60.1 Å². The molecule has 1 aliphatic carbocycles. The van der Waals surface area contributed by atoms with E-state index in [2.05, 4.69) is 217 Å². The van der Waals surface area contributed by atoms with Crippen LogP contribution in [0.25, 0.3) is 149 Å². The molecule has 74 heavy (non-hydrogen) atoms. The average molecular weight is 939 g/mol. The zero-order chi connectivity index (χ0) is 49.1. The van der Waals surface area contributed by atoms with Crippen LogP contribution in [-0.4, -0.2) is 15.0 Å². The van der Waals surface area contributed by atoms with Gasteiger partial charge in [-0.3, -0.25) is 0 Å². The smallest absolute Gasteiger partial charge is 0.195 e. The van der Waals surface area contributed by atoms with Gasteiger partial charge in [-0.25, -0.2) is 19.8 Å². The highest BCUT2D eigenvalue weighted by molar-refractivity contribution is 6.16. The minimum Gasteiger partial charge on any atom is -0.237 e. The second kappa shape index (κ2) is 17.6. The second-order valence-electron chi connectivity index (χ2n) is 18.9. The van der Waals surface area contributed by atoms with E-state index in [0.717, 1.165) is 66.8 Å². The van der Waals surface area contributed by atoms with Crippen molar-refractivity contribution in [1.82, 2.24) is 15.0 Å². The third-order valence-corrected chi connectivity index (χ3v) is 14.7. The lowest BCUT2D eigenvalue weighted by Gasteiger charge is -2.15. The van der Waals surface area contributed by atoms with Crippen LogP contribution in [0.2, 0.25) is 0 Å². The summed E-state index contributed by atoms with van der Waals surface area (Å²) in [6.07, 6.45) is 0. The molecule has 0 spiro atoms. The number of hydrogen-bond acceptors (Lipinski definition) is 3. The molecular formula is C70H42N4. The number of nitrogens with zero attached hydrogens (tertiary/aromatic N) is 4. The van der Waals surface area contributed by atoms with Crippen molar-refractivity contribution in [2.75, 3.05) is 0 Å². The molecule has 0 aliphatic heterocycles. The SMILES string of the molecule is [C-]#[N+]c1cccc(-c2cccc(-c3ccc(-c4nc(-c5ccccc5)nc(-c5ccccc5-c5cc6ccccc6c6ccccc56)n4)cc3)c2)c1-c1ccc(-c2ccc3c(c2)-c2cccc4cccc-3c24)cc1. The topological polar surface area (TPSA) is 43.0 Å². The lowest BCUT2D eigenvalue weighted by atomic mass is 9.90. The first-order valence-corrected chi connectivity index (χ1v) is 24.9. The molecule has 1 aromatic heterocycles. The van der Waals surface area contributed by atoms with Gasteiger partial charge in [-0.15, -0.1) is 0 Å². The van der Waals surface area contributed by atoms with Crippen molar-refractivity contribution in [3.63, 3.8) is 0 Å². The van der Waals surface area contributed by atoms with Crippen LogP contribution in [0, 0.1) is 6.57 Å². The highest BCUT2D eigenvalue weighted by atomic mass is 15.0. The molecule has 0 radical (unpaired) electrons. The number of hydrogen-bond donors (Lipinski definition) is 0. The minimum atomic E-state index is 0.596. The fourth-order valence-electron chi connectivity index (χ4n) is 11.2. The molecular weight excluding hydrogens is 897 g/mol. The molecule has 0 N–H and O–H groups in total. The van der Waals surface area contributed by atoms with Gasteiger partial charge in [0, 0.05) is 16.7 Å². The van der Waals surface area contributed by atoms with Crippen LogP contribution in [0.1, 0.15) is 0 Å². The summed E-state index contributed by atoms with van der Waals surface area (Å²) < 4.78 is 0. The summed E-state index contributed by atoms with van der Waals surface area (Å²) in [6, 6.07) is 89.9. The predicted molar refractivity (Wildman–Crippen MR) is 307 cm³/mol. The molecule has 0 saturated heterocycles. The molecule has 0 bridgehead atoms. The van der Waals surface area contributed by atoms with E-state index in [-0.39, 0.29) is 0 Å². The van der Waals surface area contributed by atoms with Crippen LogP contribution in [0.5, 0.6) is 0 Å². The van der Waals surface area contributed by atoms with Gasteiger partial charge in [0.15, 0.2) is 23.2 Å². The van der Waals surface area contributed by atoms with Gasteiger partial charge in [-0.1, -0.05) is 237 Å². The van der Waals surface area contributed by atoms with Crippen molar-refractivity contribution >= 4 is 38.0 Å². The molecule has 1 heterocycles. The first-order valence-electron chi connectivity index (χ1n) is 24.9. The van der Waals surface area contributed by atoms with Gasteiger partial charge >= 0.3 is 0 Å². The Morgan fingerprint density at radius 1 is 0.257 bits per heavy atom. The molecule has 14 rings (SSSR count). The zero-order valence-electron chi connectivity index (χ0n) is 40.0. The molecule has 0 fully saturated rings. The normalized spacial score (nSPS) is 11.5. The van der Waals surface area contributed by atoms with E-state index in [4.69, 9.17) is 21.5 Å². The Morgan fingerprint density at radius 2 is 0.743 bits per heavy atom.